The molecule has 6 heteroatoms. The van der Waals surface area contributed by atoms with Crippen LogP contribution in [0.15, 0.2) is 35.7 Å². The van der Waals surface area contributed by atoms with E-state index in [0.29, 0.717) is 26.2 Å². The summed E-state index contributed by atoms with van der Waals surface area (Å²) in [6, 6.07) is 9.35. The van der Waals surface area contributed by atoms with Crippen molar-refractivity contribution in [1.82, 2.24) is 9.21 Å². The molecule has 132 valence electrons. The molecular weight excluding hydrogens is 324 g/mol. The summed E-state index contributed by atoms with van der Waals surface area (Å²) in [7, 11) is -3.45. The van der Waals surface area contributed by atoms with E-state index in [1.807, 2.05) is 44.2 Å². The number of hydrogen-bond acceptors (Lipinski definition) is 3. The van der Waals surface area contributed by atoms with Gasteiger partial charge < -0.3 is 4.90 Å². The zero-order valence-corrected chi connectivity index (χ0v) is 15.2. The van der Waals surface area contributed by atoms with Crippen LogP contribution in [0.2, 0.25) is 0 Å². The predicted molar refractivity (Wildman–Crippen MR) is 96.6 cm³/mol. The number of amides is 1. The molecule has 0 saturated carbocycles. The van der Waals surface area contributed by atoms with Crippen LogP contribution in [0.25, 0.3) is 6.08 Å². The van der Waals surface area contributed by atoms with Gasteiger partial charge in [-0.25, -0.2) is 8.42 Å². The molecule has 1 aliphatic heterocycles. The van der Waals surface area contributed by atoms with Gasteiger partial charge in [-0.15, -0.1) is 0 Å². The molecule has 0 radical (unpaired) electrons. The molecule has 1 saturated heterocycles. The van der Waals surface area contributed by atoms with Crippen molar-refractivity contribution < 1.29 is 13.2 Å². The zero-order valence-electron chi connectivity index (χ0n) is 14.4. The number of benzene rings is 1. The van der Waals surface area contributed by atoms with Crippen molar-refractivity contribution in [3.05, 3.63) is 41.3 Å². The molecule has 0 spiro atoms. The fourth-order valence-corrected chi connectivity index (χ4v) is 4.05. The highest BCUT2D eigenvalue weighted by atomic mass is 32.2. The van der Waals surface area contributed by atoms with Crippen molar-refractivity contribution in [1.29, 1.82) is 0 Å². The molecule has 0 atom stereocenters. The number of carbonyl (C=O) groups is 1. The Morgan fingerprint density at radius 3 is 2.21 bits per heavy atom. The molecule has 0 N–H and O–H groups in total. The monoisotopic (exact) mass is 350 g/mol. The van der Waals surface area contributed by atoms with Gasteiger partial charge in [0.2, 0.25) is 15.9 Å². The standard InChI is InChI=1S/C18H26N2O3S/c1-3-17(4-2)18(21)19-11-13-20(14-12-19)24(22,23)15-10-16-8-6-5-7-9-16/h5-10,15,17H,3-4,11-14H2,1-2H3/b15-10+. The molecular formula is C18H26N2O3S. The lowest BCUT2D eigenvalue weighted by Crippen LogP contribution is -2.51. The van der Waals surface area contributed by atoms with E-state index < -0.39 is 10.0 Å². The van der Waals surface area contributed by atoms with Crippen LogP contribution in [0.1, 0.15) is 32.3 Å². The largest absolute Gasteiger partial charge is 0.340 e. The van der Waals surface area contributed by atoms with Gasteiger partial charge in [0.15, 0.2) is 0 Å². The van der Waals surface area contributed by atoms with Gasteiger partial charge in [-0.05, 0) is 24.5 Å². The van der Waals surface area contributed by atoms with E-state index in [4.69, 9.17) is 0 Å². The third kappa shape index (κ3) is 4.68. The second kappa shape index (κ2) is 8.44. The quantitative estimate of drug-likeness (QED) is 0.792. The van der Waals surface area contributed by atoms with Gasteiger partial charge in [0.05, 0.1) is 0 Å². The highest BCUT2D eigenvalue weighted by Crippen LogP contribution is 2.16. The summed E-state index contributed by atoms with van der Waals surface area (Å²) in [6.45, 7) is 5.67. The Kier molecular flexibility index (Phi) is 6.57. The van der Waals surface area contributed by atoms with Crippen LogP contribution in [-0.4, -0.2) is 49.7 Å². The molecule has 0 aromatic heterocycles. The summed E-state index contributed by atoms with van der Waals surface area (Å²) in [4.78, 5) is 14.2. The Labute approximate surface area is 145 Å². The topological polar surface area (TPSA) is 57.7 Å². The number of carbonyl (C=O) groups excluding carboxylic acids is 1. The summed E-state index contributed by atoms with van der Waals surface area (Å²) in [5.74, 6) is 0.197. The van der Waals surface area contributed by atoms with E-state index in [-0.39, 0.29) is 11.8 Å². The first-order valence-corrected chi connectivity index (χ1v) is 10.00. The van der Waals surface area contributed by atoms with E-state index in [1.54, 1.807) is 11.0 Å². The van der Waals surface area contributed by atoms with Crippen LogP contribution < -0.4 is 0 Å². The number of sulfonamides is 1. The maximum Gasteiger partial charge on any atom is 0.236 e. The molecule has 0 bridgehead atoms. The average Bonchev–Trinajstić information content (AvgIpc) is 2.62. The minimum absolute atomic E-state index is 0.0473. The van der Waals surface area contributed by atoms with Gasteiger partial charge in [0, 0.05) is 37.5 Å². The highest BCUT2D eigenvalue weighted by molar-refractivity contribution is 7.92. The van der Waals surface area contributed by atoms with Crippen molar-refractivity contribution in [2.45, 2.75) is 26.7 Å². The number of piperazine rings is 1. The SMILES string of the molecule is CCC(CC)C(=O)N1CCN(S(=O)(=O)/C=C/c2ccccc2)CC1. The van der Waals surface area contributed by atoms with E-state index in [2.05, 4.69) is 0 Å². The Morgan fingerprint density at radius 1 is 1.08 bits per heavy atom. The second-order valence-corrected chi connectivity index (χ2v) is 7.81. The maximum atomic E-state index is 12.4. The molecule has 0 unspecified atom stereocenters. The van der Waals surface area contributed by atoms with Crippen molar-refractivity contribution in [2.24, 2.45) is 5.92 Å². The Morgan fingerprint density at radius 2 is 1.67 bits per heavy atom. The van der Waals surface area contributed by atoms with E-state index in [1.165, 1.54) is 9.71 Å². The van der Waals surface area contributed by atoms with Gasteiger partial charge in [0.1, 0.15) is 0 Å². The van der Waals surface area contributed by atoms with E-state index in [0.717, 1.165) is 18.4 Å². The lowest BCUT2D eigenvalue weighted by Gasteiger charge is -2.35. The summed E-state index contributed by atoms with van der Waals surface area (Å²) in [6.07, 6.45) is 3.26. The summed E-state index contributed by atoms with van der Waals surface area (Å²) in [5.41, 5.74) is 0.851. The van der Waals surface area contributed by atoms with Crippen LogP contribution >= 0.6 is 0 Å². The van der Waals surface area contributed by atoms with Gasteiger partial charge in [-0.3, -0.25) is 4.79 Å². The normalized spacial score (nSPS) is 16.9. The van der Waals surface area contributed by atoms with Gasteiger partial charge in [0.25, 0.3) is 0 Å². The van der Waals surface area contributed by atoms with Crippen molar-refractivity contribution in [3.63, 3.8) is 0 Å². The van der Waals surface area contributed by atoms with Crippen LogP contribution in [0.5, 0.6) is 0 Å². The van der Waals surface area contributed by atoms with Gasteiger partial charge in [-0.1, -0.05) is 44.2 Å². The fraction of sp³-hybridized carbons (Fsp3) is 0.500. The smallest absolute Gasteiger partial charge is 0.236 e. The molecule has 1 aliphatic rings. The third-order valence-corrected chi connectivity index (χ3v) is 6.04. The molecule has 1 amide bonds. The second-order valence-electron chi connectivity index (χ2n) is 6.00. The molecule has 5 nitrogen and oxygen atoms in total. The van der Waals surface area contributed by atoms with Crippen LogP contribution in [-0.2, 0) is 14.8 Å². The Bertz CT molecular complexity index is 659. The first-order chi connectivity index (χ1) is 11.5. The van der Waals surface area contributed by atoms with Crippen molar-refractivity contribution in [3.8, 4) is 0 Å². The Balaban J connectivity index is 1.96. The lowest BCUT2D eigenvalue weighted by molar-refractivity contribution is -0.136. The zero-order chi connectivity index (χ0) is 17.6. The van der Waals surface area contributed by atoms with E-state index in [9.17, 15) is 13.2 Å². The molecule has 1 aromatic rings. The average molecular weight is 350 g/mol. The molecule has 24 heavy (non-hydrogen) atoms. The minimum Gasteiger partial charge on any atom is -0.340 e. The van der Waals surface area contributed by atoms with E-state index >= 15 is 0 Å². The van der Waals surface area contributed by atoms with Gasteiger partial charge >= 0.3 is 0 Å². The number of hydrogen-bond donors (Lipinski definition) is 0. The summed E-state index contributed by atoms with van der Waals surface area (Å²) < 4.78 is 26.3. The summed E-state index contributed by atoms with van der Waals surface area (Å²) >= 11 is 0. The predicted octanol–water partition coefficient (Wildman–Crippen LogP) is 2.57. The third-order valence-electron chi connectivity index (χ3n) is 4.48. The first-order valence-electron chi connectivity index (χ1n) is 8.50. The molecule has 1 aromatic carbocycles. The fourth-order valence-electron chi connectivity index (χ4n) is 2.87. The molecule has 2 rings (SSSR count). The lowest BCUT2D eigenvalue weighted by atomic mass is 10.0. The highest BCUT2D eigenvalue weighted by Gasteiger charge is 2.29. The number of rotatable bonds is 6. The molecule has 1 heterocycles. The van der Waals surface area contributed by atoms with Crippen molar-refractivity contribution in [2.75, 3.05) is 26.2 Å². The summed E-state index contributed by atoms with van der Waals surface area (Å²) in [5, 5.41) is 1.25. The minimum atomic E-state index is -3.45. The first kappa shape index (κ1) is 18.7. The van der Waals surface area contributed by atoms with Gasteiger partial charge in [-0.2, -0.15) is 4.31 Å². The van der Waals surface area contributed by atoms with Crippen molar-refractivity contribution >= 4 is 22.0 Å². The maximum absolute atomic E-state index is 12.4. The van der Waals surface area contributed by atoms with Crippen LogP contribution in [0.4, 0.5) is 0 Å². The molecule has 0 aliphatic carbocycles. The molecule has 1 fully saturated rings. The Hall–Kier alpha value is -1.66. The number of nitrogens with zero attached hydrogens (tertiary/aromatic N) is 2. The van der Waals surface area contributed by atoms with Crippen LogP contribution in [0.3, 0.4) is 0 Å². The van der Waals surface area contributed by atoms with Crippen LogP contribution in [0, 0.1) is 5.92 Å².